The van der Waals surface area contributed by atoms with E-state index in [0.29, 0.717) is 18.6 Å². The molecule has 0 bridgehead atoms. The van der Waals surface area contributed by atoms with E-state index in [0.717, 1.165) is 35.0 Å². The second-order valence-electron chi connectivity index (χ2n) is 5.47. The number of benzene rings is 1. The summed E-state index contributed by atoms with van der Waals surface area (Å²) in [5.74, 6) is 0.590. The second-order valence-corrected chi connectivity index (χ2v) is 5.47. The molecule has 0 aliphatic heterocycles. The molecule has 1 heterocycles. The van der Waals surface area contributed by atoms with Gasteiger partial charge in [0.1, 0.15) is 5.78 Å². The van der Waals surface area contributed by atoms with E-state index < -0.39 is 0 Å². The van der Waals surface area contributed by atoms with E-state index in [-0.39, 0.29) is 11.5 Å². The molecule has 3 rings (SSSR count). The molecule has 21 heavy (non-hydrogen) atoms. The molecule has 0 atom stereocenters. The van der Waals surface area contributed by atoms with Gasteiger partial charge in [-0.3, -0.25) is 19.9 Å². The SMILES string of the molecule is CONc1ccc2[nH]c(=O)cc(C3CCC(=O)CC3)c2c1. The number of aromatic amines is 1. The molecule has 110 valence electrons. The summed E-state index contributed by atoms with van der Waals surface area (Å²) in [6.45, 7) is 0. The number of hydrogen-bond donors (Lipinski definition) is 2. The van der Waals surface area contributed by atoms with Crippen molar-refractivity contribution < 1.29 is 9.63 Å². The molecule has 1 fully saturated rings. The highest BCUT2D eigenvalue weighted by atomic mass is 16.6. The molecular weight excluding hydrogens is 268 g/mol. The van der Waals surface area contributed by atoms with Gasteiger partial charge in [-0.2, -0.15) is 0 Å². The number of aromatic nitrogens is 1. The van der Waals surface area contributed by atoms with Crippen molar-refractivity contribution in [2.24, 2.45) is 0 Å². The van der Waals surface area contributed by atoms with Crippen LogP contribution in [0.1, 0.15) is 37.2 Å². The minimum absolute atomic E-state index is 0.0955. The average Bonchev–Trinajstić information content (AvgIpc) is 2.48. The lowest BCUT2D eigenvalue weighted by Crippen LogP contribution is -2.15. The van der Waals surface area contributed by atoms with E-state index in [9.17, 15) is 9.59 Å². The molecule has 1 aliphatic carbocycles. The van der Waals surface area contributed by atoms with Gasteiger partial charge in [-0.1, -0.05) is 0 Å². The van der Waals surface area contributed by atoms with Crippen molar-refractivity contribution >= 4 is 22.4 Å². The summed E-state index contributed by atoms with van der Waals surface area (Å²) in [4.78, 5) is 31.1. The van der Waals surface area contributed by atoms with Crippen LogP contribution in [0.4, 0.5) is 5.69 Å². The standard InChI is InChI=1S/C16H18N2O3/c1-21-18-11-4-7-15-14(8-11)13(9-16(20)17-15)10-2-5-12(19)6-3-10/h4,7-10,18H,2-3,5-6H2,1H3,(H,17,20). The molecule has 2 aromatic rings. The number of carbonyl (C=O) groups excluding carboxylic acids is 1. The monoisotopic (exact) mass is 286 g/mol. The third kappa shape index (κ3) is 2.83. The zero-order valence-electron chi connectivity index (χ0n) is 11.9. The van der Waals surface area contributed by atoms with Crippen LogP contribution in [0.25, 0.3) is 10.9 Å². The maximum atomic E-state index is 11.9. The lowest BCUT2D eigenvalue weighted by molar-refractivity contribution is -0.120. The molecular formula is C16H18N2O3. The summed E-state index contributed by atoms with van der Waals surface area (Å²) in [7, 11) is 1.56. The molecule has 0 unspecified atom stereocenters. The fourth-order valence-corrected chi connectivity index (χ4v) is 3.05. The molecule has 0 spiro atoms. The fraction of sp³-hybridized carbons (Fsp3) is 0.375. The van der Waals surface area contributed by atoms with Crippen LogP contribution in [0.15, 0.2) is 29.1 Å². The topological polar surface area (TPSA) is 71.2 Å². The first-order valence-corrected chi connectivity index (χ1v) is 7.15. The van der Waals surface area contributed by atoms with Gasteiger partial charge in [0.05, 0.1) is 12.8 Å². The predicted molar refractivity (Wildman–Crippen MR) is 81.4 cm³/mol. The maximum absolute atomic E-state index is 11.9. The summed E-state index contributed by atoms with van der Waals surface area (Å²) in [6, 6.07) is 7.37. The second kappa shape index (κ2) is 5.69. The minimum atomic E-state index is -0.0955. The Morgan fingerprint density at radius 1 is 1.19 bits per heavy atom. The Bertz CT molecular complexity index is 726. The Kier molecular flexibility index (Phi) is 3.75. The number of anilines is 1. The van der Waals surface area contributed by atoms with Gasteiger partial charge >= 0.3 is 0 Å². The van der Waals surface area contributed by atoms with Crippen molar-refractivity contribution in [1.29, 1.82) is 0 Å². The van der Waals surface area contributed by atoms with Crippen LogP contribution in [0, 0.1) is 0 Å². The first kappa shape index (κ1) is 13.8. The maximum Gasteiger partial charge on any atom is 0.248 e. The van der Waals surface area contributed by atoms with Crippen molar-refractivity contribution in [3.05, 3.63) is 40.2 Å². The van der Waals surface area contributed by atoms with Gasteiger partial charge in [-0.15, -0.1) is 0 Å². The van der Waals surface area contributed by atoms with Crippen molar-refractivity contribution in [1.82, 2.24) is 4.98 Å². The summed E-state index contributed by atoms with van der Waals surface area (Å²) < 4.78 is 0. The molecule has 0 radical (unpaired) electrons. The number of carbonyl (C=O) groups is 1. The summed E-state index contributed by atoms with van der Waals surface area (Å²) >= 11 is 0. The molecule has 1 aromatic carbocycles. The highest BCUT2D eigenvalue weighted by molar-refractivity contribution is 5.86. The number of hydrogen-bond acceptors (Lipinski definition) is 4. The lowest BCUT2D eigenvalue weighted by Gasteiger charge is -2.22. The Morgan fingerprint density at radius 2 is 1.95 bits per heavy atom. The van der Waals surface area contributed by atoms with E-state index in [1.54, 1.807) is 13.2 Å². The van der Waals surface area contributed by atoms with Crippen LogP contribution in [-0.2, 0) is 9.63 Å². The highest BCUT2D eigenvalue weighted by Crippen LogP contribution is 2.34. The van der Waals surface area contributed by atoms with Gasteiger partial charge in [0.2, 0.25) is 5.56 Å². The van der Waals surface area contributed by atoms with Crippen molar-refractivity contribution in [2.75, 3.05) is 12.6 Å². The van der Waals surface area contributed by atoms with Crippen molar-refractivity contribution in [2.45, 2.75) is 31.6 Å². The molecule has 1 aliphatic rings. The average molecular weight is 286 g/mol. The van der Waals surface area contributed by atoms with Gasteiger partial charge in [0.25, 0.3) is 0 Å². The van der Waals surface area contributed by atoms with Crippen molar-refractivity contribution in [3.63, 3.8) is 0 Å². The van der Waals surface area contributed by atoms with Crippen LogP contribution in [-0.4, -0.2) is 17.9 Å². The Balaban J connectivity index is 2.08. The number of nitrogens with one attached hydrogen (secondary N) is 2. The minimum Gasteiger partial charge on any atom is -0.322 e. The van der Waals surface area contributed by atoms with E-state index in [2.05, 4.69) is 10.5 Å². The highest BCUT2D eigenvalue weighted by Gasteiger charge is 2.22. The number of H-pyrrole nitrogens is 1. The molecule has 1 saturated carbocycles. The van der Waals surface area contributed by atoms with Gasteiger partial charge < -0.3 is 4.98 Å². The number of pyridine rings is 1. The van der Waals surface area contributed by atoms with Gasteiger partial charge in [0, 0.05) is 29.8 Å². The number of rotatable bonds is 3. The van der Waals surface area contributed by atoms with Crippen LogP contribution >= 0.6 is 0 Å². The molecule has 0 saturated heterocycles. The van der Waals surface area contributed by atoms with Gasteiger partial charge in [-0.25, -0.2) is 0 Å². The fourth-order valence-electron chi connectivity index (χ4n) is 3.05. The molecule has 5 nitrogen and oxygen atoms in total. The van der Waals surface area contributed by atoms with Gasteiger partial charge in [0.15, 0.2) is 0 Å². The quantitative estimate of drug-likeness (QED) is 0.851. The van der Waals surface area contributed by atoms with E-state index in [1.165, 1.54) is 0 Å². The zero-order chi connectivity index (χ0) is 14.8. The third-order valence-electron chi connectivity index (χ3n) is 4.08. The van der Waals surface area contributed by atoms with Crippen LogP contribution < -0.4 is 11.0 Å². The summed E-state index contributed by atoms with van der Waals surface area (Å²) in [5, 5.41) is 1.01. The summed E-state index contributed by atoms with van der Waals surface area (Å²) in [5.41, 5.74) is 5.39. The Labute approximate surface area is 122 Å². The number of Topliss-reactive ketones (excluding diaryl/α,β-unsaturated/α-hetero) is 1. The van der Waals surface area contributed by atoms with E-state index in [1.807, 2.05) is 18.2 Å². The lowest BCUT2D eigenvalue weighted by atomic mass is 9.82. The molecule has 2 N–H and O–H groups in total. The van der Waals surface area contributed by atoms with Crippen LogP contribution in [0.3, 0.4) is 0 Å². The largest absolute Gasteiger partial charge is 0.322 e. The predicted octanol–water partition coefficient (Wildman–Crippen LogP) is 2.73. The molecule has 1 aromatic heterocycles. The molecule has 0 amide bonds. The van der Waals surface area contributed by atoms with Gasteiger partial charge in [-0.05, 0) is 42.5 Å². The molecule has 5 heteroatoms. The number of fused-ring (bicyclic) bond motifs is 1. The Hall–Kier alpha value is -2.14. The zero-order valence-corrected chi connectivity index (χ0v) is 11.9. The summed E-state index contributed by atoms with van der Waals surface area (Å²) in [6.07, 6.45) is 2.85. The smallest absolute Gasteiger partial charge is 0.248 e. The third-order valence-corrected chi connectivity index (χ3v) is 4.08. The first-order valence-electron chi connectivity index (χ1n) is 7.15. The van der Waals surface area contributed by atoms with Crippen molar-refractivity contribution in [3.8, 4) is 0 Å². The normalized spacial score (nSPS) is 16.3. The van der Waals surface area contributed by atoms with Crippen LogP contribution in [0.2, 0.25) is 0 Å². The van der Waals surface area contributed by atoms with E-state index >= 15 is 0 Å². The van der Waals surface area contributed by atoms with E-state index in [4.69, 9.17) is 4.84 Å². The number of ketones is 1. The Morgan fingerprint density at radius 3 is 2.67 bits per heavy atom. The van der Waals surface area contributed by atoms with Crippen LogP contribution in [0.5, 0.6) is 0 Å². The first-order chi connectivity index (χ1) is 10.2.